The van der Waals surface area contributed by atoms with E-state index in [0.717, 1.165) is 11.1 Å². The van der Waals surface area contributed by atoms with Crippen LogP contribution in [0.2, 0.25) is 0 Å². The summed E-state index contributed by atoms with van der Waals surface area (Å²) >= 11 is 1.34. The number of aromatic nitrogens is 2. The van der Waals surface area contributed by atoms with Gasteiger partial charge < -0.3 is 24.3 Å². The number of thioether (sulfide) groups is 1. The molecule has 0 aliphatic heterocycles. The number of nitrogens with one attached hydrogen (secondary N) is 1. The third-order valence-electron chi connectivity index (χ3n) is 4.85. The first-order valence-corrected chi connectivity index (χ1v) is 11.2. The van der Waals surface area contributed by atoms with Gasteiger partial charge in [-0.05, 0) is 54.4 Å². The second-order valence-electron chi connectivity index (χ2n) is 6.90. The van der Waals surface area contributed by atoms with Gasteiger partial charge in [0.25, 0.3) is 0 Å². The Morgan fingerprint density at radius 3 is 2.12 bits per heavy atom. The van der Waals surface area contributed by atoms with Gasteiger partial charge in [-0.3, -0.25) is 4.79 Å². The number of hydrogen-bond acceptors (Lipinski definition) is 8. The lowest BCUT2D eigenvalue weighted by molar-refractivity contribution is -0.118. The summed E-state index contributed by atoms with van der Waals surface area (Å²) in [4.78, 5) is 12.2. The van der Waals surface area contributed by atoms with Gasteiger partial charge in [0.15, 0.2) is 23.0 Å². The van der Waals surface area contributed by atoms with Crippen LogP contribution in [0.4, 0.5) is 0 Å². The van der Waals surface area contributed by atoms with Crippen molar-refractivity contribution in [2.45, 2.75) is 11.4 Å². The van der Waals surface area contributed by atoms with Crippen LogP contribution in [0.3, 0.4) is 0 Å². The molecule has 2 aromatic carbocycles. The van der Waals surface area contributed by atoms with Crippen LogP contribution in [-0.4, -0.2) is 56.8 Å². The van der Waals surface area contributed by atoms with Gasteiger partial charge in [-0.1, -0.05) is 17.8 Å². The van der Waals surface area contributed by atoms with E-state index in [1.54, 1.807) is 28.4 Å². The molecule has 0 radical (unpaired) electrons. The fourth-order valence-corrected chi connectivity index (χ4v) is 3.76. The Morgan fingerprint density at radius 2 is 1.48 bits per heavy atom. The highest BCUT2D eigenvalue weighted by Crippen LogP contribution is 2.31. The Hall–Kier alpha value is -3.46. The molecule has 1 aromatic heterocycles. The summed E-state index contributed by atoms with van der Waals surface area (Å²) in [7, 11) is 6.38. The summed E-state index contributed by atoms with van der Waals surface area (Å²) in [5, 5.41) is 12.1. The average Bonchev–Trinajstić information content (AvgIpc) is 2.87. The maximum absolute atomic E-state index is 12.2. The van der Waals surface area contributed by atoms with Crippen molar-refractivity contribution < 1.29 is 23.7 Å². The van der Waals surface area contributed by atoms with Gasteiger partial charge in [0, 0.05) is 12.1 Å². The van der Waals surface area contributed by atoms with Crippen LogP contribution in [-0.2, 0) is 11.2 Å². The van der Waals surface area contributed by atoms with E-state index in [1.165, 1.54) is 11.8 Å². The van der Waals surface area contributed by atoms with Gasteiger partial charge in [0.1, 0.15) is 5.03 Å². The number of rotatable bonds is 11. The second-order valence-corrected chi connectivity index (χ2v) is 7.90. The van der Waals surface area contributed by atoms with Crippen molar-refractivity contribution >= 4 is 17.7 Å². The molecule has 0 fully saturated rings. The van der Waals surface area contributed by atoms with Gasteiger partial charge in [-0.25, -0.2) is 0 Å². The molecule has 9 heteroatoms. The maximum Gasteiger partial charge on any atom is 0.230 e. The standard InChI is InChI=1S/C24H27N3O5S/c1-29-19-8-5-16(13-21(19)31-3)11-12-25-23(28)15-33-24-10-7-18(26-27-24)17-6-9-20(30-2)22(14-17)32-4/h5-10,13-14H,11-12,15H2,1-4H3,(H,25,28). The Bertz CT molecular complexity index is 1080. The highest BCUT2D eigenvalue weighted by molar-refractivity contribution is 7.99. The average molecular weight is 470 g/mol. The van der Waals surface area contributed by atoms with E-state index < -0.39 is 0 Å². The SMILES string of the molecule is COc1ccc(CCNC(=O)CSc2ccc(-c3ccc(OC)c(OC)c3)nn2)cc1OC. The van der Waals surface area contributed by atoms with Crippen LogP contribution in [0.15, 0.2) is 53.6 Å². The molecular weight excluding hydrogens is 442 g/mol. The molecule has 3 rings (SSSR count). The summed E-state index contributed by atoms with van der Waals surface area (Å²) in [5.74, 6) is 2.83. The van der Waals surface area contributed by atoms with Crippen molar-refractivity contribution in [3.05, 3.63) is 54.1 Å². The monoisotopic (exact) mass is 469 g/mol. The van der Waals surface area contributed by atoms with Gasteiger partial charge >= 0.3 is 0 Å². The van der Waals surface area contributed by atoms with Crippen LogP contribution < -0.4 is 24.3 Å². The molecule has 0 unspecified atom stereocenters. The van der Waals surface area contributed by atoms with Crippen molar-refractivity contribution in [3.8, 4) is 34.3 Å². The van der Waals surface area contributed by atoms with Gasteiger partial charge in [0.05, 0.1) is 39.9 Å². The minimum absolute atomic E-state index is 0.0637. The molecular formula is C24H27N3O5S. The molecule has 1 N–H and O–H groups in total. The smallest absolute Gasteiger partial charge is 0.230 e. The van der Waals surface area contributed by atoms with Crippen molar-refractivity contribution in [3.63, 3.8) is 0 Å². The Balaban J connectivity index is 1.48. The molecule has 0 saturated carbocycles. The minimum atomic E-state index is -0.0637. The number of nitrogens with zero attached hydrogens (tertiary/aromatic N) is 2. The molecule has 3 aromatic rings. The molecule has 0 spiro atoms. The predicted octanol–water partition coefficient (Wildman–Crippen LogP) is 3.63. The van der Waals surface area contributed by atoms with Crippen LogP contribution in [0.1, 0.15) is 5.56 Å². The van der Waals surface area contributed by atoms with Crippen molar-refractivity contribution in [2.24, 2.45) is 0 Å². The quantitative estimate of drug-likeness (QED) is 0.426. The molecule has 0 bridgehead atoms. The van der Waals surface area contributed by atoms with Crippen molar-refractivity contribution in [2.75, 3.05) is 40.7 Å². The first kappa shape index (κ1) is 24.2. The zero-order valence-electron chi connectivity index (χ0n) is 19.1. The summed E-state index contributed by atoms with van der Waals surface area (Å²) in [5.41, 5.74) is 2.63. The fourth-order valence-electron chi connectivity index (χ4n) is 3.12. The second kappa shape index (κ2) is 12.0. The number of hydrogen-bond donors (Lipinski definition) is 1. The number of carbonyl (C=O) groups excluding carboxylic acids is 1. The van der Waals surface area contributed by atoms with E-state index in [4.69, 9.17) is 18.9 Å². The lowest BCUT2D eigenvalue weighted by atomic mass is 10.1. The predicted molar refractivity (Wildman–Crippen MR) is 128 cm³/mol. The van der Waals surface area contributed by atoms with Crippen LogP contribution >= 0.6 is 11.8 Å². The number of benzene rings is 2. The lowest BCUT2D eigenvalue weighted by Gasteiger charge is -2.10. The Morgan fingerprint density at radius 1 is 0.818 bits per heavy atom. The molecule has 0 saturated heterocycles. The van der Waals surface area contributed by atoms with E-state index in [2.05, 4.69) is 15.5 Å². The molecule has 33 heavy (non-hydrogen) atoms. The zero-order valence-corrected chi connectivity index (χ0v) is 19.9. The Labute approximate surface area is 197 Å². The van der Waals surface area contributed by atoms with E-state index in [1.807, 2.05) is 48.5 Å². The number of ether oxygens (including phenoxy) is 4. The Kier molecular flexibility index (Phi) is 8.77. The summed E-state index contributed by atoms with van der Waals surface area (Å²) < 4.78 is 21.1. The third kappa shape index (κ3) is 6.52. The highest BCUT2D eigenvalue weighted by atomic mass is 32.2. The van der Waals surface area contributed by atoms with Gasteiger partial charge in [-0.2, -0.15) is 0 Å². The molecule has 0 aliphatic carbocycles. The zero-order chi connectivity index (χ0) is 23.6. The summed E-state index contributed by atoms with van der Waals surface area (Å²) in [6.07, 6.45) is 0.691. The van der Waals surface area contributed by atoms with Gasteiger partial charge in [0.2, 0.25) is 5.91 Å². The van der Waals surface area contributed by atoms with Crippen LogP contribution in [0.5, 0.6) is 23.0 Å². The van der Waals surface area contributed by atoms with Crippen LogP contribution in [0.25, 0.3) is 11.3 Å². The van der Waals surface area contributed by atoms with Crippen molar-refractivity contribution in [1.29, 1.82) is 0 Å². The molecule has 1 heterocycles. The molecule has 1 amide bonds. The topological polar surface area (TPSA) is 91.8 Å². The molecule has 0 atom stereocenters. The normalized spacial score (nSPS) is 10.4. The van der Waals surface area contributed by atoms with Crippen molar-refractivity contribution in [1.82, 2.24) is 15.5 Å². The molecule has 8 nitrogen and oxygen atoms in total. The largest absolute Gasteiger partial charge is 0.493 e. The highest BCUT2D eigenvalue weighted by Gasteiger charge is 2.10. The minimum Gasteiger partial charge on any atom is -0.493 e. The lowest BCUT2D eigenvalue weighted by Crippen LogP contribution is -2.27. The van der Waals surface area contributed by atoms with E-state index in [0.29, 0.717) is 46.7 Å². The number of amides is 1. The van der Waals surface area contributed by atoms with E-state index in [-0.39, 0.29) is 11.7 Å². The first-order valence-electron chi connectivity index (χ1n) is 10.2. The van der Waals surface area contributed by atoms with E-state index in [9.17, 15) is 4.79 Å². The summed E-state index contributed by atoms with van der Waals surface area (Å²) in [6.45, 7) is 0.527. The molecule has 174 valence electrons. The third-order valence-corrected chi connectivity index (χ3v) is 5.77. The first-order chi connectivity index (χ1) is 16.1. The molecule has 0 aliphatic rings. The summed E-state index contributed by atoms with van der Waals surface area (Å²) in [6, 6.07) is 15.0. The fraction of sp³-hybridized carbons (Fsp3) is 0.292. The van der Waals surface area contributed by atoms with E-state index >= 15 is 0 Å². The number of methoxy groups -OCH3 is 4. The van der Waals surface area contributed by atoms with Gasteiger partial charge in [-0.15, -0.1) is 10.2 Å². The number of carbonyl (C=O) groups is 1. The maximum atomic E-state index is 12.2. The van der Waals surface area contributed by atoms with Crippen LogP contribution in [0, 0.1) is 0 Å².